The van der Waals surface area contributed by atoms with Gasteiger partial charge in [-0.2, -0.15) is 0 Å². The fourth-order valence-electron chi connectivity index (χ4n) is 3.72. The van der Waals surface area contributed by atoms with Crippen LogP contribution in [0.25, 0.3) is 22.0 Å². The number of hydrogen-bond donors (Lipinski definition) is 2. The average molecular weight is 430 g/mol. The summed E-state index contributed by atoms with van der Waals surface area (Å²) in [7, 11) is -0.887. The molecule has 3 N–H and O–H groups in total. The third kappa shape index (κ3) is 2.99. The van der Waals surface area contributed by atoms with E-state index in [0.29, 0.717) is 33.5 Å². The van der Waals surface area contributed by atoms with E-state index in [1.54, 1.807) is 32.6 Å². The van der Waals surface area contributed by atoms with Crippen LogP contribution in [0.1, 0.15) is 13.8 Å². The van der Waals surface area contributed by atoms with Gasteiger partial charge in [-0.05, 0) is 24.1 Å². The lowest BCUT2D eigenvalue weighted by Gasteiger charge is -2.35. The van der Waals surface area contributed by atoms with E-state index in [9.17, 15) is 18.0 Å². The highest BCUT2D eigenvalue weighted by atomic mass is 32.2. The minimum absolute atomic E-state index is 0.105. The summed E-state index contributed by atoms with van der Waals surface area (Å²) < 4.78 is 31.8. The Labute approximate surface area is 173 Å². The van der Waals surface area contributed by atoms with Gasteiger partial charge in [0.15, 0.2) is 11.9 Å². The van der Waals surface area contributed by atoms with Crippen molar-refractivity contribution in [1.82, 2.24) is 9.55 Å². The summed E-state index contributed by atoms with van der Waals surface area (Å²) in [4.78, 5) is 29.4. The van der Waals surface area contributed by atoms with Gasteiger partial charge in [-0.3, -0.25) is 9.59 Å². The first kappa shape index (κ1) is 20.2. The Morgan fingerprint density at radius 3 is 2.50 bits per heavy atom. The lowest BCUT2D eigenvalue weighted by molar-refractivity contribution is -0.127. The Balaban J connectivity index is 2.11. The second-order valence-corrected chi connectivity index (χ2v) is 9.33. The summed E-state index contributed by atoms with van der Waals surface area (Å²) in [6.07, 6.45) is 2.53. The molecular formula is C20H22N4O5S. The van der Waals surface area contributed by atoms with E-state index in [4.69, 9.17) is 9.88 Å². The number of ether oxygens (including phenoxy) is 1. The summed E-state index contributed by atoms with van der Waals surface area (Å²) in [6, 6.07) is 4.49. The van der Waals surface area contributed by atoms with E-state index >= 15 is 0 Å². The van der Waals surface area contributed by atoms with Crippen molar-refractivity contribution in [2.75, 3.05) is 11.9 Å². The van der Waals surface area contributed by atoms with Gasteiger partial charge < -0.3 is 19.2 Å². The van der Waals surface area contributed by atoms with Crippen LogP contribution >= 0.6 is 0 Å². The maximum atomic E-state index is 12.8. The molecule has 1 unspecified atom stereocenters. The molecule has 0 saturated carbocycles. The largest absolute Gasteiger partial charge is 0.477 e. The molecule has 9 nitrogen and oxygen atoms in total. The first-order valence-electron chi connectivity index (χ1n) is 9.33. The van der Waals surface area contributed by atoms with Crippen molar-refractivity contribution in [1.29, 1.82) is 0 Å². The van der Waals surface area contributed by atoms with Crippen LogP contribution in [0.15, 0.2) is 40.3 Å². The number of anilines is 1. The highest BCUT2D eigenvalue weighted by molar-refractivity contribution is 7.89. The van der Waals surface area contributed by atoms with Gasteiger partial charge >= 0.3 is 0 Å². The van der Waals surface area contributed by atoms with Crippen molar-refractivity contribution in [3.05, 3.63) is 40.9 Å². The molecule has 2 aromatic heterocycles. The Hall–Kier alpha value is -3.11. The van der Waals surface area contributed by atoms with Crippen molar-refractivity contribution in [3.63, 3.8) is 0 Å². The molecule has 1 aliphatic heterocycles. The molecular weight excluding hydrogens is 408 g/mol. The fourth-order valence-corrected chi connectivity index (χ4v) is 4.27. The molecule has 0 saturated heterocycles. The number of benzene rings is 1. The minimum atomic E-state index is -4.07. The number of nitrogens with one attached hydrogen (secondary N) is 1. The van der Waals surface area contributed by atoms with Gasteiger partial charge in [0.05, 0.1) is 10.6 Å². The number of aryl methyl sites for hydroxylation is 1. The number of rotatable bonds is 3. The standard InChI is InChI=1S/C20H22N4O5S/c1-10(2)17-20(26)24(4)15-8-11(30(21,27)28)7-13(18(15)29-17)14-9-23(3)19(25)16-12(14)5-6-22-16/h5-10,17,22H,1-4H3,(H2,21,27,28). The van der Waals surface area contributed by atoms with Gasteiger partial charge in [-0.1, -0.05) is 13.8 Å². The van der Waals surface area contributed by atoms with Gasteiger partial charge in [0.1, 0.15) is 5.52 Å². The molecule has 1 amide bonds. The summed E-state index contributed by atoms with van der Waals surface area (Å²) in [5, 5.41) is 6.01. The first-order valence-corrected chi connectivity index (χ1v) is 10.9. The summed E-state index contributed by atoms with van der Waals surface area (Å²) >= 11 is 0. The zero-order valence-corrected chi connectivity index (χ0v) is 17.8. The molecule has 4 rings (SSSR count). The molecule has 0 spiro atoms. The quantitative estimate of drug-likeness (QED) is 0.652. The number of aromatic nitrogens is 2. The SMILES string of the molecule is CC(C)C1Oc2c(-c3cn(C)c(=O)c4[nH]ccc34)cc(S(N)(=O)=O)cc2N(C)C1=O. The number of primary sulfonamides is 1. The molecule has 3 heterocycles. The predicted molar refractivity (Wildman–Crippen MR) is 113 cm³/mol. The van der Waals surface area contributed by atoms with Crippen molar-refractivity contribution in [2.24, 2.45) is 18.1 Å². The zero-order valence-electron chi connectivity index (χ0n) is 17.0. The van der Waals surface area contributed by atoms with E-state index in [1.807, 2.05) is 13.8 Å². The molecule has 0 aliphatic carbocycles. The summed E-state index contributed by atoms with van der Waals surface area (Å²) in [6.45, 7) is 3.74. The van der Waals surface area contributed by atoms with Crippen LogP contribution in [-0.2, 0) is 21.9 Å². The molecule has 30 heavy (non-hydrogen) atoms. The maximum absolute atomic E-state index is 12.8. The third-order valence-corrected chi connectivity index (χ3v) is 6.23. The van der Waals surface area contributed by atoms with Gasteiger partial charge in [0.2, 0.25) is 10.0 Å². The smallest absolute Gasteiger partial charge is 0.274 e. The summed E-state index contributed by atoms with van der Waals surface area (Å²) in [5.41, 5.74) is 1.48. The minimum Gasteiger partial charge on any atom is -0.477 e. The molecule has 3 aromatic rings. The molecule has 0 fully saturated rings. The number of carbonyl (C=O) groups excluding carboxylic acids is 1. The van der Waals surface area contributed by atoms with Crippen LogP contribution in [0.2, 0.25) is 0 Å². The fraction of sp³-hybridized carbons (Fsp3) is 0.300. The zero-order chi connectivity index (χ0) is 22.0. The van der Waals surface area contributed by atoms with Crippen molar-refractivity contribution >= 4 is 32.5 Å². The normalized spacial score (nSPS) is 16.8. The Morgan fingerprint density at radius 2 is 1.87 bits per heavy atom. The topological polar surface area (TPSA) is 127 Å². The van der Waals surface area contributed by atoms with Crippen LogP contribution in [0.3, 0.4) is 0 Å². The number of amides is 1. The molecule has 1 aromatic carbocycles. The van der Waals surface area contributed by atoms with E-state index in [0.717, 1.165) is 0 Å². The lowest BCUT2D eigenvalue weighted by Crippen LogP contribution is -2.46. The monoisotopic (exact) mass is 430 g/mol. The molecule has 0 bridgehead atoms. The summed E-state index contributed by atoms with van der Waals surface area (Å²) in [5.74, 6) is -0.0158. The predicted octanol–water partition coefficient (Wildman–Crippen LogP) is 1.56. The number of carbonyl (C=O) groups is 1. The van der Waals surface area contributed by atoms with Crippen LogP contribution in [-0.4, -0.2) is 37.0 Å². The Bertz CT molecular complexity index is 1350. The van der Waals surface area contributed by atoms with Gasteiger partial charge in [0.25, 0.3) is 11.5 Å². The number of likely N-dealkylation sites (N-methyl/N-ethyl adjacent to an activating group) is 1. The van der Waals surface area contributed by atoms with Gasteiger partial charge in [-0.25, -0.2) is 13.6 Å². The second kappa shape index (κ2) is 6.71. The van der Waals surface area contributed by atoms with Crippen molar-refractivity contribution in [2.45, 2.75) is 24.8 Å². The Morgan fingerprint density at radius 1 is 1.17 bits per heavy atom. The van der Waals surface area contributed by atoms with E-state index < -0.39 is 16.1 Å². The molecule has 1 aliphatic rings. The molecule has 0 radical (unpaired) electrons. The van der Waals surface area contributed by atoms with Gasteiger partial charge in [-0.15, -0.1) is 0 Å². The van der Waals surface area contributed by atoms with E-state index in [-0.39, 0.29) is 22.3 Å². The average Bonchev–Trinajstić information content (AvgIpc) is 3.16. The maximum Gasteiger partial charge on any atom is 0.274 e. The van der Waals surface area contributed by atoms with E-state index in [1.165, 1.54) is 21.6 Å². The molecule has 1 atom stereocenters. The number of nitrogens with two attached hydrogens (primary N) is 1. The van der Waals surface area contributed by atoms with Crippen LogP contribution < -0.4 is 20.3 Å². The molecule has 10 heteroatoms. The first-order chi connectivity index (χ1) is 14.0. The highest BCUT2D eigenvalue weighted by Gasteiger charge is 2.37. The van der Waals surface area contributed by atoms with Crippen molar-refractivity contribution < 1.29 is 17.9 Å². The number of aromatic amines is 1. The third-order valence-electron chi connectivity index (χ3n) is 5.34. The van der Waals surface area contributed by atoms with E-state index in [2.05, 4.69) is 4.98 Å². The number of H-pyrrole nitrogens is 1. The van der Waals surface area contributed by atoms with Crippen LogP contribution in [0.5, 0.6) is 5.75 Å². The highest BCUT2D eigenvalue weighted by Crippen LogP contribution is 2.45. The number of sulfonamides is 1. The van der Waals surface area contributed by atoms with Gasteiger partial charge in [0, 0.05) is 43.0 Å². The number of hydrogen-bond acceptors (Lipinski definition) is 5. The van der Waals surface area contributed by atoms with Crippen LogP contribution in [0, 0.1) is 5.92 Å². The second-order valence-electron chi connectivity index (χ2n) is 7.77. The number of fused-ring (bicyclic) bond motifs is 2. The number of nitrogens with zero attached hydrogens (tertiary/aromatic N) is 2. The molecule has 158 valence electrons. The van der Waals surface area contributed by atoms with Crippen LogP contribution in [0.4, 0.5) is 5.69 Å². The number of pyridine rings is 1. The van der Waals surface area contributed by atoms with Crippen molar-refractivity contribution in [3.8, 4) is 16.9 Å². The Kier molecular flexibility index (Phi) is 4.51. The lowest BCUT2D eigenvalue weighted by atomic mass is 9.98.